The second-order valence-electron chi connectivity index (χ2n) is 3.91. The van der Waals surface area contributed by atoms with E-state index in [0.717, 1.165) is 22.5 Å². The Hall–Kier alpha value is -1.25. The molecular formula is C14H14OS. The topological polar surface area (TPSA) is 20.2 Å². The molecule has 0 spiro atoms. The summed E-state index contributed by atoms with van der Waals surface area (Å²) >= 11 is 0.803. The Morgan fingerprint density at radius 3 is 2.38 bits per heavy atom. The molecule has 82 valence electrons. The summed E-state index contributed by atoms with van der Waals surface area (Å²) < 4.78 is 9.24. The van der Waals surface area contributed by atoms with E-state index < -0.39 is 0 Å². The summed E-state index contributed by atoms with van der Waals surface area (Å²) in [5, 5.41) is 0. The Morgan fingerprint density at radius 2 is 1.69 bits per heavy atom. The molecule has 2 heteroatoms. The zero-order chi connectivity index (χ0) is 11.5. The van der Waals surface area contributed by atoms with Crippen LogP contribution in [0.25, 0.3) is 11.1 Å². The maximum atomic E-state index is 9.24. The van der Waals surface area contributed by atoms with Gasteiger partial charge in [-0.15, -0.1) is 0 Å². The molecular weight excluding hydrogens is 216 g/mol. The zero-order valence-corrected chi connectivity index (χ0v) is 10.2. The highest BCUT2D eigenvalue weighted by molar-refractivity contribution is 7.93. The molecule has 0 aliphatic carbocycles. The van der Waals surface area contributed by atoms with Crippen molar-refractivity contribution in [2.24, 2.45) is 0 Å². The highest BCUT2D eigenvalue weighted by atomic mass is 32.2. The molecule has 0 radical (unpaired) electrons. The van der Waals surface area contributed by atoms with E-state index >= 15 is 0 Å². The molecule has 1 nitrogen and oxygen atoms in total. The van der Waals surface area contributed by atoms with Crippen molar-refractivity contribution < 1.29 is 4.55 Å². The summed E-state index contributed by atoms with van der Waals surface area (Å²) in [6.45, 7) is 4.19. The Kier molecular flexibility index (Phi) is 3.32. The van der Waals surface area contributed by atoms with Gasteiger partial charge in [-0.1, -0.05) is 42.0 Å². The third-order valence-electron chi connectivity index (χ3n) is 2.66. The lowest BCUT2D eigenvalue weighted by Gasteiger charge is -2.10. The van der Waals surface area contributed by atoms with Crippen LogP contribution in [0.3, 0.4) is 0 Å². The minimum absolute atomic E-state index is 0.803. The van der Waals surface area contributed by atoms with Gasteiger partial charge in [-0.3, -0.25) is 0 Å². The highest BCUT2D eigenvalue weighted by Gasteiger charge is 2.06. The molecule has 0 amide bonds. The van der Waals surface area contributed by atoms with E-state index in [1.54, 1.807) is 0 Å². The Labute approximate surface area is 100 Å². The standard InChI is InChI=1S/C14H14OS/c1-10-7-8-12(11(2)9-10)13-5-3-4-6-14(13)16-15/h3-9,15H,1-2H3. The second kappa shape index (κ2) is 4.73. The molecule has 16 heavy (non-hydrogen) atoms. The summed E-state index contributed by atoms with van der Waals surface area (Å²) in [7, 11) is 0. The van der Waals surface area contributed by atoms with Crippen molar-refractivity contribution in [1.82, 2.24) is 0 Å². The smallest absolute Gasteiger partial charge is 0.0429 e. The fraction of sp³-hybridized carbons (Fsp3) is 0.143. The lowest BCUT2D eigenvalue weighted by Crippen LogP contribution is -1.86. The summed E-state index contributed by atoms with van der Waals surface area (Å²) in [6.07, 6.45) is 0. The zero-order valence-electron chi connectivity index (χ0n) is 9.40. The first kappa shape index (κ1) is 11.2. The summed E-state index contributed by atoms with van der Waals surface area (Å²) in [5.41, 5.74) is 4.77. The van der Waals surface area contributed by atoms with Gasteiger partial charge in [0.2, 0.25) is 0 Å². The van der Waals surface area contributed by atoms with E-state index in [9.17, 15) is 4.55 Å². The molecule has 0 bridgehead atoms. The van der Waals surface area contributed by atoms with Crippen LogP contribution in [-0.2, 0) is 0 Å². The lowest BCUT2D eigenvalue weighted by molar-refractivity contribution is 0.664. The van der Waals surface area contributed by atoms with Gasteiger partial charge < -0.3 is 4.55 Å². The van der Waals surface area contributed by atoms with E-state index in [4.69, 9.17) is 0 Å². The van der Waals surface area contributed by atoms with Gasteiger partial charge in [-0.25, -0.2) is 0 Å². The molecule has 0 fully saturated rings. The maximum Gasteiger partial charge on any atom is 0.0429 e. The molecule has 0 aliphatic heterocycles. The molecule has 0 heterocycles. The molecule has 2 aromatic rings. The minimum Gasteiger partial charge on any atom is -0.325 e. The van der Waals surface area contributed by atoms with Gasteiger partial charge in [0.05, 0.1) is 0 Å². The molecule has 2 rings (SSSR count). The number of benzene rings is 2. The number of hydrogen-bond donors (Lipinski definition) is 1. The van der Waals surface area contributed by atoms with Gasteiger partial charge in [0.25, 0.3) is 0 Å². The normalized spacial score (nSPS) is 10.4. The SMILES string of the molecule is Cc1ccc(-c2ccccc2SO)c(C)c1. The van der Waals surface area contributed by atoms with Crippen molar-refractivity contribution in [1.29, 1.82) is 0 Å². The molecule has 2 aromatic carbocycles. The van der Waals surface area contributed by atoms with Crippen LogP contribution in [0.1, 0.15) is 11.1 Å². The third kappa shape index (κ3) is 2.13. The lowest BCUT2D eigenvalue weighted by atomic mass is 9.99. The van der Waals surface area contributed by atoms with E-state index in [1.165, 1.54) is 16.7 Å². The van der Waals surface area contributed by atoms with Crippen LogP contribution in [0, 0.1) is 13.8 Å². The summed E-state index contributed by atoms with van der Waals surface area (Å²) in [4.78, 5) is 0.898. The van der Waals surface area contributed by atoms with Crippen LogP contribution in [0.5, 0.6) is 0 Å². The maximum absolute atomic E-state index is 9.24. The molecule has 0 aromatic heterocycles. The predicted molar refractivity (Wildman–Crippen MR) is 69.8 cm³/mol. The Balaban J connectivity index is 2.58. The summed E-state index contributed by atoms with van der Waals surface area (Å²) in [6, 6.07) is 14.3. The number of hydrogen-bond acceptors (Lipinski definition) is 2. The van der Waals surface area contributed by atoms with Gasteiger partial charge in [0.15, 0.2) is 0 Å². The van der Waals surface area contributed by atoms with E-state index in [2.05, 4.69) is 32.0 Å². The average Bonchev–Trinajstić information content (AvgIpc) is 2.29. The fourth-order valence-corrected chi connectivity index (χ4v) is 2.30. The van der Waals surface area contributed by atoms with Gasteiger partial charge in [0.1, 0.15) is 0 Å². The van der Waals surface area contributed by atoms with E-state index in [-0.39, 0.29) is 0 Å². The van der Waals surface area contributed by atoms with Crippen LogP contribution in [0.2, 0.25) is 0 Å². The van der Waals surface area contributed by atoms with Crippen molar-refractivity contribution in [2.75, 3.05) is 0 Å². The van der Waals surface area contributed by atoms with Crippen LogP contribution < -0.4 is 0 Å². The Bertz CT molecular complexity index is 506. The number of rotatable bonds is 2. The molecule has 0 saturated heterocycles. The average molecular weight is 230 g/mol. The quantitative estimate of drug-likeness (QED) is 0.764. The van der Waals surface area contributed by atoms with Crippen LogP contribution in [0.4, 0.5) is 0 Å². The molecule has 0 atom stereocenters. The minimum atomic E-state index is 0.803. The van der Waals surface area contributed by atoms with Crippen molar-refractivity contribution >= 4 is 12.0 Å². The van der Waals surface area contributed by atoms with Gasteiger partial charge in [-0.2, -0.15) is 0 Å². The van der Waals surface area contributed by atoms with Crippen LogP contribution in [-0.4, -0.2) is 4.55 Å². The first-order valence-corrected chi connectivity index (χ1v) is 5.98. The van der Waals surface area contributed by atoms with Crippen molar-refractivity contribution in [3.05, 3.63) is 53.6 Å². The highest BCUT2D eigenvalue weighted by Crippen LogP contribution is 2.32. The molecule has 1 N–H and O–H groups in total. The first-order chi connectivity index (χ1) is 7.72. The van der Waals surface area contributed by atoms with E-state index in [1.807, 2.05) is 24.3 Å². The van der Waals surface area contributed by atoms with Gasteiger partial charge >= 0.3 is 0 Å². The second-order valence-corrected chi connectivity index (χ2v) is 4.53. The van der Waals surface area contributed by atoms with Gasteiger partial charge in [0, 0.05) is 16.9 Å². The van der Waals surface area contributed by atoms with Gasteiger partial charge in [-0.05, 0) is 36.6 Å². The summed E-state index contributed by atoms with van der Waals surface area (Å²) in [5.74, 6) is 0. The molecule has 0 aliphatic rings. The number of aryl methyl sites for hydroxylation is 2. The van der Waals surface area contributed by atoms with Crippen LogP contribution >= 0.6 is 12.0 Å². The molecule has 0 saturated carbocycles. The van der Waals surface area contributed by atoms with Crippen molar-refractivity contribution in [3.63, 3.8) is 0 Å². The third-order valence-corrected chi connectivity index (χ3v) is 3.21. The molecule has 0 unspecified atom stereocenters. The van der Waals surface area contributed by atoms with E-state index in [0.29, 0.717) is 0 Å². The first-order valence-electron chi connectivity index (χ1n) is 5.20. The predicted octanol–water partition coefficient (Wildman–Crippen LogP) is 4.54. The largest absolute Gasteiger partial charge is 0.325 e. The fourth-order valence-electron chi connectivity index (χ4n) is 1.88. The Morgan fingerprint density at radius 1 is 0.938 bits per heavy atom. The van der Waals surface area contributed by atoms with Crippen molar-refractivity contribution in [3.8, 4) is 11.1 Å². The van der Waals surface area contributed by atoms with Crippen LogP contribution in [0.15, 0.2) is 47.4 Å². The monoisotopic (exact) mass is 230 g/mol. The van der Waals surface area contributed by atoms with Crippen molar-refractivity contribution in [2.45, 2.75) is 18.7 Å².